The number of benzene rings is 1. The predicted octanol–water partition coefficient (Wildman–Crippen LogP) is 6.10. The Balaban J connectivity index is 1.66. The van der Waals surface area contributed by atoms with E-state index in [0.29, 0.717) is 5.41 Å². The van der Waals surface area contributed by atoms with Crippen molar-refractivity contribution in [2.45, 2.75) is 50.4 Å². The van der Waals surface area contributed by atoms with Crippen LogP contribution in [0.4, 0.5) is 0 Å². The third-order valence-electron chi connectivity index (χ3n) is 6.99. The van der Waals surface area contributed by atoms with Crippen molar-refractivity contribution >= 4 is 23.2 Å². The van der Waals surface area contributed by atoms with Crippen molar-refractivity contribution in [3.8, 4) is 0 Å². The average molecular weight is 321 g/mol. The van der Waals surface area contributed by atoms with Crippen LogP contribution < -0.4 is 0 Å². The monoisotopic (exact) mass is 320 g/mol. The molecule has 3 atom stereocenters. The van der Waals surface area contributed by atoms with Gasteiger partial charge in [-0.25, -0.2) is 0 Å². The number of hydrogen-bond donors (Lipinski definition) is 0. The zero-order valence-electron chi connectivity index (χ0n) is 12.3. The van der Waals surface area contributed by atoms with E-state index < -0.39 is 0 Å². The number of hydrogen-bond acceptors (Lipinski definition) is 0. The Bertz CT molecular complexity index is 575. The van der Waals surface area contributed by atoms with E-state index >= 15 is 0 Å². The molecule has 1 aromatic rings. The molecule has 0 aliphatic heterocycles. The molecule has 0 nitrogen and oxygen atoms in total. The minimum atomic E-state index is 0.386. The average Bonchev–Trinajstić information content (AvgIpc) is 3.21. The highest BCUT2D eigenvalue weighted by Gasteiger charge is 2.61. The summed E-state index contributed by atoms with van der Waals surface area (Å²) in [6, 6.07) is 6.29. The van der Waals surface area contributed by atoms with Crippen molar-refractivity contribution in [3.05, 3.63) is 33.8 Å². The minimum absolute atomic E-state index is 0.386. The van der Waals surface area contributed by atoms with Crippen LogP contribution in [0.15, 0.2) is 18.2 Å². The maximum atomic E-state index is 6.67. The van der Waals surface area contributed by atoms with Crippen molar-refractivity contribution in [3.63, 3.8) is 0 Å². The fourth-order valence-corrected chi connectivity index (χ4v) is 7.26. The van der Waals surface area contributed by atoms with Crippen LogP contribution in [0.2, 0.25) is 10.0 Å². The maximum Gasteiger partial charge on any atom is 0.0458 e. The Kier molecular flexibility index (Phi) is 2.79. The van der Waals surface area contributed by atoms with Crippen LogP contribution in [0.1, 0.15) is 50.5 Å². The summed E-state index contributed by atoms with van der Waals surface area (Å²) in [7, 11) is 0. The van der Waals surface area contributed by atoms with Crippen molar-refractivity contribution in [1.29, 1.82) is 0 Å². The van der Waals surface area contributed by atoms with Crippen LogP contribution in [-0.2, 0) is 5.41 Å². The van der Waals surface area contributed by atoms with Gasteiger partial charge < -0.3 is 0 Å². The van der Waals surface area contributed by atoms with E-state index in [2.05, 4.69) is 12.1 Å². The van der Waals surface area contributed by atoms with Gasteiger partial charge in [0.1, 0.15) is 0 Å². The molecule has 0 radical (unpaired) electrons. The van der Waals surface area contributed by atoms with Crippen LogP contribution in [0.3, 0.4) is 0 Å². The smallest absolute Gasteiger partial charge is 0.0458 e. The largest absolute Gasteiger partial charge is 0.0843 e. The molecule has 0 saturated heterocycles. The van der Waals surface area contributed by atoms with E-state index in [9.17, 15) is 0 Å². The van der Waals surface area contributed by atoms with Crippen molar-refractivity contribution in [2.75, 3.05) is 0 Å². The third kappa shape index (κ3) is 1.88. The Hall–Kier alpha value is -0.200. The van der Waals surface area contributed by atoms with Crippen LogP contribution in [0.25, 0.3) is 0 Å². The lowest BCUT2D eigenvalue weighted by Crippen LogP contribution is -2.56. The minimum Gasteiger partial charge on any atom is -0.0843 e. The van der Waals surface area contributed by atoms with Gasteiger partial charge in [0.2, 0.25) is 0 Å². The molecule has 4 bridgehead atoms. The van der Waals surface area contributed by atoms with E-state index in [4.69, 9.17) is 23.2 Å². The van der Waals surface area contributed by atoms with Gasteiger partial charge in [0, 0.05) is 15.5 Å². The van der Waals surface area contributed by atoms with E-state index in [-0.39, 0.29) is 0 Å². The van der Waals surface area contributed by atoms with Crippen LogP contribution in [0.5, 0.6) is 0 Å². The molecule has 112 valence electrons. The van der Waals surface area contributed by atoms with Gasteiger partial charge in [0.25, 0.3) is 0 Å². The van der Waals surface area contributed by atoms with Crippen LogP contribution in [0, 0.1) is 29.6 Å². The standard InChI is InChI=1S/C19H22Cl2/c20-15-3-4-16(17(21)8-15)19-9-11-5-12(10-19)7-14(6-11)18(19)13-1-2-13/h3-4,8,11-14,18H,1-2,5-7,9-10H2. The molecule has 0 heterocycles. The molecule has 0 spiro atoms. The Labute approximate surface area is 137 Å². The second-order valence-electron chi connectivity index (χ2n) is 8.25. The molecule has 3 unspecified atom stereocenters. The van der Waals surface area contributed by atoms with E-state index in [1.807, 2.05) is 6.07 Å². The lowest BCUT2D eigenvalue weighted by atomic mass is 9.42. The summed E-state index contributed by atoms with van der Waals surface area (Å²) in [4.78, 5) is 0. The normalized spacial score (nSPS) is 44.3. The summed E-state index contributed by atoms with van der Waals surface area (Å²) in [6.07, 6.45) is 10.2. The fraction of sp³-hybridized carbons (Fsp3) is 0.684. The second kappa shape index (κ2) is 4.42. The molecule has 6 rings (SSSR count). The quantitative estimate of drug-likeness (QED) is 0.617. The number of rotatable bonds is 2. The molecule has 5 aliphatic carbocycles. The van der Waals surface area contributed by atoms with Gasteiger partial charge in [-0.05, 0) is 92.2 Å². The molecule has 0 amide bonds. The van der Waals surface area contributed by atoms with E-state index in [0.717, 1.165) is 39.6 Å². The summed E-state index contributed by atoms with van der Waals surface area (Å²) >= 11 is 12.8. The first-order chi connectivity index (χ1) is 10.2. The van der Waals surface area contributed by atoms with Gasteiger partial charge >= 0.3 is 0 Å². The fourth-order valence-electron chi connectivity index (χ4n) is 6.66. The lowest BCUT2D eigenvalue weighted by molar-refractivity contribution is -0.0706. The topological polar surface area (TPSA) is 0 Å². The highest BCUT2D eigenvalue weighted by atomic mass is 35.5. The first-order valence-corrected chi connectivity index (χ1v) is 9.37. The molecule has 5 saturated carbocycles. The molecule has 5 fully saturated rings. The number of halogens is 2. The van der Waals surface area contributed by atoms with Crippen LogP contribution in [-0.4, -0.2) is 0 Å². The Morgan fingerprint density at radius 3 is 2.24 bits per heavy atom. The van der Waals surface area contributed by atoms with Crippen molar-refractivity contribution < 1.29 is 0 Å². The predicted molar refractivity (Wildman–Crippen MR) is 87.9 cm³/mol. The lowest BCUT2D eigenvalue weighted by Gasteiger charge is -2.62. The highest BCUT2D eigenvalue weighted by molar-refractivity contribution is 6.35. The Morgan fingerprint density at radius 1 is 0.905 bits per heavy atom. The van der Waals surface area contributed by atoms with E-state index in [1.165, 1.54) is 50.5 Å². The zero-order valence-corrected chi connectivity index (χ0v) is 13.8. The molecule has 5 aliphatic rings. The van der Waals surface area contributed by atoms with Crippen molar-refractivity contribution in [2.24, 2.45) is 29.6 Å². The maximum absolute atomic E-state index is 6.67. The van der Waals surface area contributed by atoms with Crippen molar-refractivity contribution in [1.82, 2.24) is 0 Å². The van der Waals surface area contributed by atoms with Gasteiger partial charge in [0.15, 0.2) is 0 Å². The van der Waals surface area contributed by atoms with Gasteiger partial charge in [-0.2, -0.15) is 0 Å². The highest BCUT2D eigenvalue weighted by Crippen LogP contribution is 2.68. The van der Waals surface area contributed by atoms with Gasteiger partial charge in [-0.3, -0.25) is 0 Å². The molecule has 0 N–H and O–H groups in total. The van der Waals surface area contributed by atoms with Crippen LogP contribution >= 0.6 is 23.2 Å². The van der Waals surface area contributed by atoms with Gasteiger partial charge in [0.05, 0.1) is 0 Å². The zero-order chi connectivity index (χ0) is 14.2. The molecule has 0 aromatic heterocycles. The summed E-state index contributed by atoms with van der Waals surface area (Å²) in [5, 5.41) is 1.70. The first kappa shape index (κ1) is 13.3. The molecule has 21 heavy (non-hydrogen) atoms. The molecular formula is C19H22Cl2. The summed E-state index contributed by atoms with van der Waals surface area (Å²) in [5.41, 5.74) is 1.82. The summed E-state index contributed by atoms with van der Waals surface area (Å²) < 4.78 is 0. The second-order valence-corrected chi connectivity index (χ2v) is 9.09. The first-order valence-electron chi connectivity index (χ1n) is 8.61. The summed E-state index contributed by atoms with van der Waals surface area (Å²) in [5.74, 6) is 4.80. The van der Waals surface area contributed by atoms with Gasteiger partial charge in [-0.1, -0.05) is 29.3 Å². The SMILES string of the molecule is Clc1ccc(C23CC4CC(CC(C4)C2C2CC2)C3)c(Cl)c1. The molecular weight excluding hydrogens is 299 g/mol. The van der Waals surface area contributed by atoms with Gasteiger partial charge in [-0.15, -0.1) is 0 Å². The molecule has 2 heteroatoms. The van der Waals surface area contributed by atoms with E-state index in [1.54, 1.807) is 0 Å². The molecule has 1 aromatic carbocycles. The third-order valence-corrected chi connectivity index (χ3v) is 7.54. The Morgan fingerprint density at radius 2 is 1.62 bits per heavy atom. The summed E-state index contributed by atoms with van der Waals surface area (Å²) in [6.45, 7) is 0.